The molecular formula is C15H22N2O3S. The zero-order valence-electron chi connectivity index (χ0n) is 12.3. The first kappa shape index (κ1) is 16.0. The van der Waals surface area contributed by atoms with Crippen molar-refractivity contribution in [2.45, 2.75) is 31.7 Å². The van der Waals surface area contributed by atoms with Crippen LogP contribution in [0.5, 0.6) is 0 Å². The van der Waals surface area contributed by atoms with E-state index in [0.717, 1.165) is 19.3 Å². The number of amides is 1. The van der Waals surface area contributed by atoms with Gasteiger partial charge in [-0.15, -0.1) is 0 Å². The van der Waals surface area contributed by atoms with Crippen LogP contribution >= 0.6 is 0 Å². The molecular weight excluding hydrogens is 288 g/mol. The van der Waals surface area contributed by atoms with Gasteiger partial charge in [-0.2, -0.15) is 4.31 Å². The van der Waals surface area contributed by atoms with Gasteiger partial charge in [-0.1, -0.05) is 24.6 Å². The first-order valence-corrected chi connectivity index (χ1v) is 9.13. The molecule has 5 nitrogen and oxygen atoms in total. The smallest absolute Gasteiger partial charge is 0.251 e. The van der Waals surface area contributed by atoms with Gasteiger partial charge in [0.1, 0.15) is 0 Å². The molecule has 6 heteroatoms. The number of rotatable bonds is 5. The lowest BCUT2D eigenvalue weighted by Crippen LogP contribution is -2.44. The molecule has 0 aromatic heterocycles. The summed E-state index contributed by atoms with van der Waals surface area (Å²) in [6.45, 7) is 1.08. The fraction of sp³-hybridized carbons (Fsp3) is 0.533. The largest absolute Gasteiger partial charge is 0.352 e. The fourth-order valence-electron chi connectivity index (χ4n) is 2.74. The minimum Gasteiger partial charge on any atom is -0.352 e. The molecule has 0 unspecified atom stereocenters. The summed E-state index contributed by atoms with van der Waals surface area (Å²) in [5.41, 5.74) is 0.626. The molecule has 0 saturated carbocycles. The molecule has 1 amide bonds. The summed E-state index contributed by atoms with van der Waals surface area (Å²) in [4.78, 5) is 11.9. The Bertz CT molecular complexity index is 572. The van der Waals surface area contributed by atoms with E-state index in [2.05, 4.69) is 5.32 Å². The maximum atomic E-state index is 11.9. The van der Waals surface area contributed by atoms with Crippen molar-refractivity contribution in [3.05, 3.63) is 35.9 Å². The van der Waals surface area contributed by atoms with Crippen LogP contribution in [0.4, 0.5) is 0 Å². The van der Waals surface area contributed by atoms with Crippen LogP contribution < -0.4 is 5.32 Å². The summed E-state index contributed by atoms with van der Waals surface area (Å²) in [7, 11) is -3.16. The van der Waals surface area contributed by atoms with E-state index in [4.69, 9.17) is 0 Å². The minimum atomic E-state index is -3.16. The van der Waals surface area contributed by atoms with Gasteiger partial charge in [-0.3, -0.25) is 4.79 Å². The van der Waals surface area contributed by atoms with Crippen LogP contribution in [-0.2, 0) is 10.0 Å². The van der Waals surface area contributed by atoms with E-state index >= 15 is 0 Å². The van der Waals surface area contributed by atoms with Gasteiger partial charge in [-0.25, -0.2) is 8.42 Å². The number of carbonyl (C=O) groups is 1. The Morgan fingerprint density at radius 1 is 1.29 bits per heavy atom. The van der Waals surface area contributed by atoms with Gasteiger partial charge in [0.25, 0.3) is 5.91 Å². The summed E-state index contributed by atoms with van der Waals surface area (Å²) in [6.07, 6.45) is 4.75. The number of benzene rings is 1. The summed E-state index contributed by atoms with van der Waals surface area (Å²) in [6, 6.07) is 9.04. The van der Waals surface area contributed by atoms with Crippen molar-refractivity contribution in [3.8, 4) is 0 Å². The topological polar surface area (TPSA) is 66.5 Å². The van der Waals surface area contributed by atoms with E-state index in [0.29, 0.717) is 25.1 Å². The van der Waals surface area contributed by atoms with Crippen molar-refractivity contribution in [1.82, 2.24) is 9.62 Å². The number of hydrogen-bond donors (Lipinski definition) is 1. The third kappa shape index (κ3) is 4.54. The van der Waals surface area contributed by atoms with Crippen molar-refractivity contribution in [2.24, 2.45) is 0 Å². The van der Waals surface area contributed by atoms with Gasteiger partial charge in [0.05, 0.1) is 6.26 Å². The van der Waals surface area contributed by atoms with E-state index in [-0.39, 0.29) is 11.9 Å². The average Bonchev–Trinajstić information content (AvgIpc) is 2.47. The van der Waals surface area contributed by atoms with E-state index in [1.807, 2.05) is 18.2 Å². The van der Waals surface area contributed by atoms with Crippen molar-refractivity contribution in [2.75, 3.05) is 19.3 Å². The van der Waals surface area contributed by atoms with Crippen LogP contribution in [0, 0.1) is 0 Å². The molecule has 1 heterocycles. The second-order valence-electron chi connectivity index (χ2n) is 5.43. The van der Waals surface area contributed by atoms with E-state index < -0.39 is 10.0 Å². The number of hydrogen-bond acceptors (Lipinski definition) is 3. The van der Waals surface area contributed by atoms with Crippen molar-refractivity contribution in [1.29, 1.82) is 0 Å². The number of nitrogens with one attached hydrogen (secondary N) is 1. The van der Waals surface area contributed by atoms with Crippen LogP contribution in [0.3, 0.4) is 0 Å². The molecule has 1 aliphatic heterocycles. The number of piperidine rings is 1. The van der Waals surface area contributed by atoms with Gasteiger partial charge >= 0.3 is 0 Å². The first-order chi connectivity index (χ1) is 9.98. The molecule has 1 aromatic carbocycles. The van der Waals surface area contributed by atoms with Crippen LogP contribution in [0.25, 0.3) is 0 Å². The summed E-state index contributed by atoms with van der Waals surface area (Å²) in [5.74, 6) is -0.114. The first-order valence-electron chi connectivity index (χ1n) is 7.28. The molecule has 1 aromatic rings. The Hall–Kier alpha value is -1.40. The molecule has 1 atom stereocenters. The highest BCUT2D eigenvalue weighted by molar-refractivity contribution is 7.88. The Morgan fingerprint density at radius 3 is 2.67 bits per heavy atom. The Morgan fingerprint density at radius 2 is 2.00 bits per heavy atom. The SMILES string of the molecule is CS(=O)(=O)N1CCCC[C@H]1CCNC(=O)c1ccccc1. The standard InChI is InChI=1S/C15H22N2O3S/c1-21(19,20)17-12-6-5-9-14(17)10-11-16-15(18)13-7-3-2-4-8-13/h2-4,7-8,14H,5-6,9-12H2,1H3,(H,16,18)/t14-/m0/s1. The lowest BCUT2D eigenvalue weighted by Gasteiger charge is -2.33. The molecule has 2 rings (SSSR count). The van der Waals surface area contributed by atoms with Gasteiger partial charge in [0, 0.05) is 24.7 Å². The number of nitrogens with zero attached hydrogens (tertiary/aromatic N) is 1. The molecule has 1 aliphatic rings. The predicted octanol–water partition coefficient (Wildman–Crippen LogP) is 1.62. The molecule has 0 bridgehead atoms. The monoisotopic (exact) mass is 310 g/mol. The predicted molar refractivity (Wildman–Crippen MR) is 82.6 cm³/mol. The zero-order chi connectivity index (χ0) is 15.3. The molecule has 1 saturated heterocycles. The third-order valence-electron chi connectivity index (χ3n) is 3.80. The van der Waals surface area contributed by atoms with Gasteiger partial charge in [0.2, 0.25) is 10.0 Å². The molecule has 1 N–H and O–H groups in total. The molecule has 0 spiro atoms. The number of sulfonamides is 1. The molecule has 1 fully saturated rings. The maximum absolute atomic E-state index is 11.9. The molecule has 0 aliphatic carbocycles. The lowest BCUT2D eigenvalue weighted by atomic mass is 10.0. The highest BCUT2D eigenvalue weighted by Crippen LogP contribution is 2.21. The number of carbonyl (C=O) groups excluding carboxylic acids is 1. The zero-order valence-corrected chi connectivity index (χ0v) is 13.1. The van der Waals surface area contributed by atoms with Gasteiger partial charge in [-0.05, 0) is 31.4 Å². The van der Waals surface area contributed by atoms with Crippen LogP contribution in [-0.4, -0.2) is 44.0 Å². The lowest BCUT2D eigenvalue weighted by molar-refractivity contribution is 0.0949. The Kier molecular flexibility index (Phi) is 5.36. The summed E-state index contributed by atoms with van der Waals surface area (Å²) < 4.78 is 25.1. The van der Waals surface area contributed by atoms with Gasteiger partial charge < -0.3 is 5.32 Å². The van der Waals surface area contributed by atoms with E-state index in [9.17, 15) is 13.2 Å². The van der Waals surface area contributed by atoms with Gasteiger partial charge in [0.15, 0.2) is 0 Å². The minimum absolute atomic E-state index is 0.00447. The highest BCUT2D eigenvalue weighted by atomic mass is 32.2. The summed E-state index contributed by atoms with van der Waals surface area (Å²) in [5, 5.41) is 2.86. The van der Waals surface area contributed by atoms with Crippen LogP contribution in [0.2, 0.25) is 0 Å². The second-order valence-corrected chi connectivity index (χ2v) is 7.37. The van der Waals surface area contributed by atoms with Crippen LogP contribution in [0.15, 0.2) is 30.3 Å². The second kappa shape index (κ2) is 7.04. The van der Waals surface area contributed by atoms with E-state index in [1.165, 1.54) is 6.26 Å². The third-order valence-corrected chi connectivity index (χ3v) is 5.13. The maximum Gasteiger partial charge on any atom is 0.251 e. The summed E-state index contributed by atoms with van der Waals surface area (Å²) >= 11 is 0. The quantitative estimate of drug-likeness (QED) is 0.898. The average molecular weight is 310 g/mol. The van der Waals surface area contributed by atoms with Crippen LogP contribution in [0.1, 0.15) is 36.0 Å². The Labute approximate surface area is 126 Å². The molecule has 21 heavy (non-hydrogen) atoms. The molecule has 0 radical (unpaired) electrons. The normalized spacial score (nSPS) is 20.1. The van der Waals surface area contributed by atoms with E-state index in [1.54, 1.807) is 16.4 Å². The van der Waals surface area contributed by atoms with Crippen molar-refractivity contribution in [3.63, 3.8) is 0 Å². The highest BCUT2D eigenvalue weighted by Gasteiger charge is 2.28. The molecule has 116 valence electrons. The fourth-order valence-corrected chi connectivity index (χ4v) is 3.96. The van der Waals surface area contributed by atoms with Crippen molar-refractivity contribution < 1.29 is 13.2 Å². The van der Waals surface area contributed by atoms with Crippen molar-refractivity contribution >= 4 is 15.9 Å². The Balaban J connectivity index is 1.86.